The van der Waals surface area contributed by atoms with Gasteiger partial charge >= 0.3 is 11.7 Å². The molecular formula is C24H29N5O5. The van der Waals surface area contributed by atoms with Crippen LogP contribution >= 0.6 is 0 Å². The number of nitro groups is 1. The predicted molar refractivity (Wildman–Crippen MR) is 127 cm³/mol. The number of nitrogen functional groups attached to an aromatic ring is 1. The number of pyridine rings is 1. The summed E-state index contributed by atoms with van der Waals surface area (Å²) in [7, 11) is 0. The summed E-state index contributed by atoms with van der Waals surface area (Å²) < 4.78 is 12.5. The van der Waals surface area contributed by atoms with E-state index in [4.69, 9.17) is 20.2 Å². The number of anilines is 1. The minimum atomic E-state index is -0.442. The van der Waals surface area contributed by atoms with E-state index in [1.54, 1.807) is 25.1 Å². The van der Waals surface area contributed by atoms with Gasteiger partial charge in [0, 0.05) is 30.1 Å². The molecule has 1 aliphatic rings. The number of carbonyl (C=O) groups is 1. The van der Waals surface area contributed by atoms with Crippen molar-refractivity contribution >= 4 is 23.0 Å². The summed E-state index contributed by atoms with van der Waals surface area (Å²) >= 11 is 0. The topological polar surface area (TPSA) is 125 Å². The lowest BCUT2D eigenvalue weighted by molar-refractivity contribution is -0.385. The lowest BCUT2D eigenvalue weighted by Gasteiger charge is -2.30. The molecule has 10 heteroatoms. The van der Waals surface area contributed by atoms with Gasteiger partial charge in [-0.05, 0) is 64.0 Å². The molecule has 3 aromatic rings. The molecule has 0 saturated carbocycles. The molecule has 0 radical (unpaired) electrons. The maximum atomic E-state index is 12.1. The molecule has 180 valence electrons. The normalized spacial score (nSPS) is 14.9. The predicted octanol–water partition coefficient (Wildman–Crippen LogP) is 3.67. The summed E-state index contributed by atoms with van der Waals surface area (Å²) in [5, 5.41) is 11.7. The van der Waals surface area contributed by atoms with Crippen LogP contribution < -0.4 is 10.5 Å². The Morgan fingerprint density at radius 2 is 1.97 bits per heavy atom. The molecule has 34 heavy (non-hydrogen) atoms. The second kappa shape index (κ2) is 10.1. The average molecular weight is 468 g/mol. The largest absolute Gasteiger partial charge is 0.487 e. The molecule has 1 fully saturated rings. The average Bonchev–Trinajstić information content (AvgIpc) is 3.17. The zero-order valence-electron chi connectivity index (χ0n) is 19.4. The third kappa shape index (κ3) is 4.81. The molecule has 0 unspecified atom stereocenters. The fourth-order valence-corrected chi connectivity index (χ4v) is 4.38. The Bertz CT molecular complexity index is 1200. The number of fused-ring (bicyclic) bond motifs is 1. The van der Waals surface area contributed by atoms with Crippen LogP contribution in [0, 0.1) is 16.0 Å². The van der Waals surface area contributed by atoms with Gasteiger partial charge in [0.15, 0.2) is 5.75 Å². The highest BCUT2D eigenvalue weighted by Gasteiger charge is 2.28. The van der Waals surface area contributed by atoms with Gasteiger partial charge in [0.05, 0.1) is 35.4 Å². The summed E-state index contributed by atoms with van der Waals surface area (Å²) in [5.74, 6) is 0.0150. The molecular weight excluding hydrogens is 438 g/mol. The van der Waals surface area contributed by atoms with Crippen LogP contribution in [0.1, 0.15) is 32.4 Å². The van der Waals surface area contributed by atoms with Gasteiger partial charge in [-0.1, -0.05) is 0 Å². The summed E-state index contributed by atoms with van der Waals surface area (Å²) in [6, 6.07) is 8.52. The number of carbonyl (C=O) groups excluding carboxylic acids is 1. The summed E-state index contributed by atoms with van der Waals surface area (Å²) in [6.07, 6.45) is 3.26. The van der Waals surface area contributed by atoms with Gasteiger partial charge in [0.2, 0.25) is 0 Å². The van der Waals surface area contributed by atoms with Crippen LogP contribution in [-0.2, 0) is 16.1 Å². The number of imidazole rings is 1. The Kier molecular flexibility index (Phi) is 6.97. The van der Waals surface area contributed by atoms with Gasteiger partial charge in [0.1, 0.15) is 5.65 Å². The Labute approximate surface area is 197 Å². The number of esters is 1. The van der Waals surface area contributed by atoms with E-state index in [1.165, 1.54) is 6.07 Å². The summed E-state index contributed by atoms with van der Waals surface area (Å²) in [6.45, 7) is 6.37. The van der Waals surface area contributed by atoms with Crippen molar-refractivity contribution in [3.8, 4) is 17.0 Å². The van der Waals surface area contributed by atoms with Crippen LogP contribution in [-0.4, -0.2) is 51.5 Å². The van der Waals surface area contributed by atoms with Crippen molar-refractivity contribution in [2.45, 2.75) is 33.2 Å². The summed E-state index contributed by atoms with van der Waals surface area (Å²) in [4.78, 5) is 30.4. The van der Waals surface area contributed by atoms with Crippen LogP contribution in [0.3, 0.4) is 0 Å². The van der Waals surface area contributed by atoms with Gasteiger partial charge in [-0.25, -0.2) is 4.98 Å². The summed E-state index contributed by atoms with van der Waals surface area (Å²) in [5.41, 5.74) is 9.43. The molecule has 0 atom stereocenters. The zero-order valence-corrected chi connectivity index (χ0v) is 19.4. The molecule has 0 spiro atoms. The highest BCUT2D eigenvalue weighted by atomic mass is 16.6. The smallest absolute Gasteiger partial charge is 0.311 e. The number of nitro benzene ring substituents is 1. The molecule has 2 N–H and O–H groups in total. The molecule has 0 aliphatic carbocycles. The zero-order chi connectivity index (χ0) is 24.2. The van der Waals surface area contributed by atoms with Gasteiger partial charge in [-0.3, -0.25) is 19.8 Å². The van der Waals surface area contributed by atoms with Crippen LogP contribution in [0.25, 0.3) is 16.9 Å². The number of piperidine rings is 1. The number of ether oxygens (including phenoxy) is 2. The van der Waals surface area contributed by atoms with Crippen molar-refractivity contribution < 1.29 is 19.2 Å². The molecule has 0 amide bonds. The third-order valence-electron chi connectivity index (χ3n) is 6.05. The number of hydrogen-bond donors (Lipinski definition) is 1. The fourth-order valence-electron chi connectivity index (χ4n) is 4.38. The van der Waals surface area contributed by atoms with E-state index < -0.39 is 4.92 Å². The van der Waals surface area contributed by atoms with E-state index in [-0.39, 0.29) is 23.3 Å². The maximum absolute atomic E-state index is 12.1. The SMILES string of the molecule is CCOC(=O)C1CCN(Cc2c(-c3ccc(OCC)c([N+](=O)[O-])c3)nc3ccc(N)cn23)CC1. The van der Waals surface area contributed by atoms with Gasteiger partial charge < -0.3 is 19.6 Å². The fraction of sp³-hybridized carbons (Fsp3) is 0.417. The van der Waals surface area contributed by atoms with Gasteiger partial charge in [-0.2, -0.15) is 0 Å². The molecule has 10 nitrogen and oxygen atoms in total. The standard InChI is InChI=1S/C24H29N5O5/c1-3-33-21-7-5-17(13-19(21)29(31)32)23-20(28-14-18(25)6-8-22(28)26-23)15-27-11-9-16(10-12-27)24(30)34-4-2/h5-8,13-14,16H,3-4,9-12,15,25H2,1-2H3. The number of rotatable bonds is 8. The first-order valence-corrected chi connectivity index (χ1v) is 11.5. The first-order chi connectivity index (χ1) is 16.4. The number of benzene rings is 1. The van der Waals surface area contributed by atoms with Crippen molar-refractivity contribution in [2.24, 2.45) is 5.92 Å². The first kappa shape index (κ1) is 23.5. The molecule has 4 rings (SSSR count). The first-order valence-electron chi connectivity index (χ1n) is 11.5. The number of nitrogens with two attached hydrogens (primary N) is 1. The van der Waals surface area contributed by atoms with Crippen LogP contribution in [0.15, 0.2) is 36.5 Å². The van der Waals surface area contributed by atoms with Crippen molar-refractivity contribution in [3.63, 3.8) is 0 Å². The third-order valence-corrected chi connectivity index (χ3v) is 6.05. The molecule has 1 saturated heterocycles. The van der Waals surface area contributed by atoms with Crippen LogP contribution in [0.2, 0.25) is 0 Å². The molecule has 3 heterocycles. The van der Waals surface area contributed by atoms with E-state index in [0.717, 1.165) is 31.6 Å². The van der Waals surface area contributed by atoms with E-state index in [1.807, 2.05) is 23.6 Å². The molecule has 0 bridgehead atoms. The lowest BCUT2D eigenvalue weighted by Crippen LogP contribution is -2.36. The number of hydrogen-bond acceptors (Lipinski definition) is 8. The van der Waals surface area contributed by atoms with Gasteiger partial charge in [-0.15, -0.1) is 0 Å². The molecule has 1 aliphatic heterocycles. The minimum Gasteiger partial charge on any atom is -0.487 e. The van der Waals surface area contributed by atoms with Crippen molar-refractivity contribution in [1.82, 2.24) is 14.3 Å². The highest BCUT2D eigenvalue weighted by Crippen LogP contribution is 2.35. The Morgan fingerprint density at radius 3 is 2.65 bits per heavy atom. The number of aromatic nitrogens is 2. The van der Waals surface area contributed by atoms with Crippen LogP contribution in [0.4, 0.5) is 11.4 Å². The molecule has 1 aromatic carbocycles. The van der Waals surface area contributed by atoms with E-state index in [9.17, 15) is 14.9 Å². The second-order valence-corrected chi connectivity index (χ2v) is 8.27. The van der Waals surface area contributed by atoms with E-state index >= 15 is 0 Å². The number of nitrogens with zero attached hydrogens (tertiary/aromatic N) is 4. The quantitative estimate of drug-likeness (QED) is 0.302. The van der Waals surface area contributed by atoms with E-state index in [0.29, 0.717) is 42.4 Å². The lowest BCUT2D eigenvalue weighted by atomic mass is 9.96. The minimum absolute atomic E-state index is 0.0812. The Morgan fingerprint density at radius 1 is 1.21 bits per heavy atom. The Balaban J connectivity index is 1.68. The highest BCUT2D eigenvalue weighted by molar-refractivity contribution is 5.73. The number of likely N-dealkylation sites (tertiary alicyclic amines) is 1. The Hall–Kier alpha value is -3.66. The monoisotopic (exact) mass is 467 g/mol. The van der Waals surface area contributed by atoms with E-state index in [2.05, 4.69) is 4.90 Å². The molecule has 2 aromatic heterocycles. The van der Waals surface area contributed by atoms with Crippen molar-refractivity contribution in [3.05, 3.63) is 52.3 Å². The van der Waals surface area contributed by atoms with Crippen molar-refractivity contribution in [1.29, 1.82) is 0 Å². The van der Waals surface area contributed by atoms with Gasteiger partial charge in [0.25, 0.3) is 0 Å². The van der Waals surface area contributed by atoms with Crippen LogP contribution in [0.5, 0.6) is 5.75 Å². The van der Waals surface area contributed by atoms with Crippen molar-refractivity contribution in [2.75, 3.05) is 32.0 Å². The second-order valence-electron chi connectivity index (χ2n) is 8.27. The maximum Gasteiger partial charge on any atom is 0.311 e.